The SMILES string of the molecule is CS(=O)(=O)Oc1ccc(C(=NNC(=O)C(N)=O)c2ccc(Cl)cc2)cc1. The molecule has 0 spiro atoms. The van der Waals surface area contributed by atoms with Crippen LogP contribution in [0.5, 0.6) is 5.75 Å². The summed E-state index contributed by atoms with van der Waals surface area (Å²) in [4.78, 5) is 22.2. The van der Waals surface area contributed by atoms with Gasteiger partial charge in [-0.25, -0.2) is 5.43 Å². The molecular formula is C16H14ClN3O5S. The number of halogens is 1. The van der Waals surface area contributed by atoms with E-state index < -0.39 is 21.9 Å². The van der Waals surface area contributed by atoms with Gasteiger partial charge in [0.25, 0.3) is 0 Å². The maximum absolute atomic E-state index is 11.4. The van der Waals surface area contributed by atoms with Crippen LogP contribution in [0.25, 0.3) is 0 Å². The highest BCUT2D eigenvalue weighted by molar-refractivity contribution is 7.86. The molecule has 0 aromatic heterocycles. The van der Waals surface area contributed by atoms with E-state index in [2.05, 4.69) is 10.5 Å². The minimum absolute atomic E-state index is 0.118. The van der Waals surface area contributed by atoms with Crippen molar-refractivity contribution < 1.29 is 22.2 Å². The topological polar surface area (TPSA) is 128 Å². The van der Waals surface area contributed by atoms with Crippen LogP contribution < -0.4 is 15.3 Å². The van der Waals surface area contributed by atoms with E-state index in [1.54, 1.807) is 36.4 Å². The van der Waals surface area contributed by atoms with Gasteiger partial charge in [-0.2, -0.15) is 13.5 Å². The zero-order valence-corrected chi connectivity index (χ0v) is 15.0. The van der Waals surface area contributed by atoms with Crippen LogP contribution in [0.2, 0.25) is 5.02 Å². The number of hydrazone groups is 1. The zero-order chi connectivity index (χ0) is 19.3. The van der Waals surface area contributed by atoms with Crippen molar-refractivity contribution in [1.82, 2.24) is 5.43 Å². The number of carbonyl (C=O) groups excluding carboxylic acids is 2. The summed E-state index contributed by atoms with van der Waals surface area (Å²) in [6, 6.07) is 12.5. The summed E-state index contributed by atoms with van der Waals surface area (Å²) in [6.45, 7) is 0. The van der Waals surface area contributed by atoms with Gasteiger partial charge in [-0.3, -0.25) is 9.59 Å². The third kappa shape index (κ3) is 5.57. The minimum atomic E-state index is -3.65. The Hall–Kier alpha value is -2.91. The molecule has 26 heavy (non-hydrogen) atoms. The molecule has 0 atom stereocenters. The van der Waals surface area contributed by atoms with Crippen molar-refractivity contribution in [1.29, 1.82) is 0 Å². The number of hydrogen-bond acceptors (Lipinski definition) is 6. The van der Waals surface area contributed by atoms with Crippen LogP contribution in [0, 0.1) is 0 Å². The molecule has 0 aliphatic heterocycles. The first-order chi connectivity index (χ1) is 12.2. The van der Waals surface area contributed by atoms with Crippen molar-refractivity contribution in [2.75, 3.05) is 6.26 Å². The fourth-order valence-corrected chi connectivity index (χ4v) is 2.50. The zero-order valence-electron chi connectivity index (χ0n) is 13.5. The Bertz CT molecular complexity index is 954. The summed E-state index contributed by atoms with van der Waals surface area (Å²) in [5, 5.41) is 4.44. The lowest BCUT2D eigenvalue weighted by molar-refractivity contribution is -0.137. The van der Waals surface area contributed by atoms with Gasteiger partial charge in [0.15, 0.2) is 0 Å². The van der Waals surface area contributed by atoms with Crippen LogP contribution in [0.4, 0.5) is 0 Å². The molecule has 0 radical (unpaired) electrons. The fourth-order valence-electron chi connectivity index (χ4n) is 1.91. The second kappa shape index (κ2) is 7.98. The lowest BCUT2D eigenvalue weighted by atomic mass is 10.0. The van der Waals surface area contributed by atoms with Crippen molar-refractivity contribution in [3.05, 3.63) is 64.7 Å². The van der Waals surface area contributed by atoms with Gasteiger partial charge in [0.2, 0.25) is 0 Å². The number of hydrogen-bond donors (Lipinski definition) is 2. The first kappa shape index (κ1) is 19.4. The largest absolute Gasteiger partial charge is 0.383 e. The van der Waals surface area contributed by atoms with Crippen LogP contribution in [0.1, 0.15) is 11.1 Å². The molecule has 136 valence electrons. The first-order valence-electron chi connectivity index (χ1n) is 7.09. The van der Waals surface area contributed by atoms with E-state index in [1.165, 1.54) is 12.1 Å². The van der Waals surface area contributed by atoms with E-state index >= 15 is 0 Å². The number of rotatable bonds is 5. The smallest absolute Gasteiger partial charge is 0.329 e. The lowest BCUT2D eigenvalue weighted by Crippen LogP contribution is -2.33. The van der Waals surface area contributed by atoms with Crippen LogP contribution in [-0.2, 0) is 19.7 Å². The second-order valence-corrected chi connectivity index (χ2v) is 7.10. The Morgan fingerprint density at radius 1 is 1.04 bits per heavy atom. The summed E-state index contributed by atoms with van der Waals surface area (Å²) in [6.07, 6.45) is 0.931. The Morgan fingerprint density at radius 3 is 2.00 bits per heavy atom. The number of primary amides is 1. The highest BCUT2D eigenvalue weighted by Crippen LogP contribution is 2.18. The van der Waals surface area contributed by atoms with Crippen molar-refractivity contribution in [3.63, 3.8) is 0 Å². The van der Waals surface area contributed by atoms with Gasteiger partial charge in [0.05, 0.1) is 12.0 Å². The fraction of sp³-hybridized carbons (Fsp3) is 0.0625. The van der Waals surface area contributed by atoms with Gasteiger partial charge in [0.1, 0.15) is 5.75 Å². The number of nitrogens with two attached hydrogens (primary N) is 1. The Balaban J connectivity index is 2.40. The average molecular weight is 396 g/mol. The van der Waals surface area contributed by atoms with E-state index in [-0.39, 0.29) is 5.75 Å². The summed E-state index contributed by atoms with van der Waals surface area (Å²) < 4.78 is 27.1. The predicted molar refractivity (Wildman–Crippen MR) is 96.3 cm³/mol. The van der Waals surface area contributed by atoms with Crippen molar-refractivity contribution >= 4 is 39.2 Å². The molecule has 0 fully saturated rings. The molecule has 0 aliphatic rings. The predicted octanol–water partition coefficient (Wildman–Crippen LogP) is 1.03. The maximum atomic E-state index is 11.4. The number of benzene rings is 2. The summed E-state index contributed by atoms with van der Waals surface area (Å²) >= 11 is 5.87. The van der Waals surface area contributed by atoms with E-state index in [9.17, 15) is 18.0 Å². The molecule has 0 saturated carbocycles. The summed E-state index contributed by atoms with van der Waals surface area (Å²) in [5.74, 6) is -2.14. The first-order valence-corrected chi connectivity index (χ1v) is 9.28. The van der Waals surface area contributed by atoms with Gasteiger partial charge in [-0.1, -0.05) is 23.7 Å². The molecule has 2 rings (SSSR count). The molecule has 0 unspecified atom stereocenters. The Morgan fingerprint density at radius 2 is 1.54 bits per heavy atom. The van der Waals surface area contributed by atoms with Crippen LogP contribution in [0.3, 0.4) is 0 Å². The van der Waals surface area contributed by atoms with E-state index in [0.29, 0.717) is 21.9 Å². The molecule has 2 aromatic rings. The molecule has 0 bridgehead atoms. The normalized spacial score (nSPS) is 11.7. The molecule has 2 aromatic carbocycles. The van der Waals surface area contributed by atoms with Gasteiger partial charge in [0, 0.05) is 16.1 Å². The molecule has 2 amide bonds. The van der Waals surface area contributed by atoms with Crippen LogP contribution >= 0.6 is 11.6 Å². The van der Waals surface area contributed by atoms with E-state index in [1.807, 2.05) is 0 Å². The summed E-state index contributed by atoms with van der Waals surface area (Å²) in [5.41, 5.74) is 8.37. The molecule has 0 saturated heterocycles. The molecule has 3 N–H and O–H groups in total. The molecule has 0 heterocycles. The van der Waals surface area contributed by atoms with Crippen molar-refractivity contribution in [3.8, 4) is 5.75 Å². The standard InChI is InChI=1S/C16H14ClN3O5S/c1-26(23,24)25-13-8-4-11(5-9-13)14(19-20-16(22)15(18)21)10-2-6-12(17)7-3-10/h2-9H,1H3,(H2,18,21)(H,20,22). The highest BCUT2D eigenvalue weighted by Gasteiger charge is 2.12. The number of amides is 2. The van der Waals surface area contributed by atoms with E-state index in [4.69, 9.17) is 21.5 Å². The van der Waals surface area contributed by atoms with Gasteiger partial charge in [-0.05, 0) is 36.4 Å². The van der Waals surface area contributed by atoms with Gasteiger partial charge < -0.3 is 9.92 Å². The minimum Gasteiger partial charge on any atom is -0.383 e. The number of nitrogens with one attached hydrogen (secondary N) is 1. The Kier molecular flexibility index (Phi) is 5.96. The molecular weight excluding hydrogens is 382 g/mol. The number of carbonyl (C=O) groups is 2. The van der Waals surface area contributed by atoms with Crippen molar-refractivity contribution in [2.24, 2.45) is 10.8 Å². The monoisotopic (exact) mass is 395 g/mol. The van der Waals surface area contributed by atoms with Crippen LogP contribution in [-0.4, -0.2) is 32.2 Å². The highest BCUT2D eigenvalue weighted by atomic mass is 35.5. The molecule has 0 aliphatic carbocycles. The number of nitrogens with zero attached hydrogens (tertiary/aromatic N) is 1. The second-order valence-electron chi connectivity index (χ2n) is 5.08. The van der Waals surface area contributed by atoms with Crippen molar-refractivity contribution in [2.45, 2.75) is 0 Å². The average Bonchev–Trinajstić information content (AvgIpc) is 2.56. The quantitative estimate of drug-likeness (QED) is 0.338. The third-order valence-corrected chi connectivity index (χ3v) is 3.73. The maximum Gasteiger partial charge on any atom is 0.329 e. The summed E-state index contributed by atoms with van der Waals surface area (Å²) in [7, 11) is -3.65. The molecule has 8 nitrogen and oxygen atoms in total. The Labute approximate surface area is 154 Å². The van der Waals surface area contributed by atoms with E-state index in [0.717, 1.165) is 6.26 Å². The third-order valence-electron chi connectivity index (χ3n) is 2.99. The molecule has 10 heteroatoms. The lowest BCUT2D eigenvalue weighted by Gasteiger charge is -2.09. The van der Waals surface area contributed by atoms with Gasteiger partial charge >= 0.3 is 21.9 Å². The van der Waals surface area contributed by atoms with Gasteiger partial charge in [-0.15, -0.1) is 0 Å². The van der Waals surface area contributed by atoms with Crippen LogP contribution in [0.15, 0.2) is 53.6 Å².